The van der Waals surface area contributed by atoms with Gasteiger partial charge in [0.25, 0.3) is 0 Å². The van der Waals surface area contributed by atoms with E-state index in [4.69, 9.17) is 5.11 Å². The Morgan fingerprint density at radius 3 is 2.38 bits per heavy atom. The number of alkyl halides is 1. The van der Waals surface area contributed by atoms with E-state index in [2.05, 4.69) is 20.8 Å². The van der Waals surface area contributed by atoms with E-state index < -0.39 is 24.3 Å². The predicted molar refractivity (Wildman–Crippen MR) is 109 cm³/mol. The molecule has 0 amide bonds. The normalized spacial score (nSPS) is 52.9. The third-order valence-electron chi connectivity index (χ3n) is 10.2. The molecule has 0 aromatic carbocycles. The van der Waals surface area contributed by atoms with Gasteiger partial charge >= 0.3 is 5.97 Å². The highest BCUT2D eigenvalue weighted by atomic mass is 19.1. The summed E-state index contributed by atoms with van der Waals surface area (Å²) in [5, 5.41) is 30.2. The summed E-state index contributed by atoms with van der Waals surface area (Å²) in [6.07, 6.45) is 4.59. The van der Waals surface area contributed by atoms with Crippen LogP contribution in [0.1, 0.15) is 78.6 Å². The molecule has 0 spiro atoms. The van der Waals surface area contributed by atoms with Crippen LogP contribution in [0.2, 0.25) is 0 Å². The van der Waals surface area contributed by atoms with Gasteiger partial charge in [0.05, 0.1) is 12.2 Å². The number of carboxylic acids is 1. The number of carbonyl (C=O) groups is 1. The Hall–Kier alpha value is -0.680. The van der Waals surface area contributed by atoms with Crippen molar-refractivity contribution in [3.8, 4) is 0 Å². The maximum absolute atomic E-state index is 15.8. The van der Waals surface area contributed by atoms with Crippen molar-refractivity contribution in [2.24, 2.45) is 46.3 Å². The molecule has 4 nitrogen and oxygen atoms in total. The van der Waals surface area contributed by atoms with Gasteiger partial charge in [0.2, 0.25) is 0 Å². The van der Waals surface area contributed by atoms with Crippen LogP contribution in [-0.2, 0) is 4.79 Å². The molecule has 0 bridgehead atoms. The third kappa shape index (κ3) is 3.26. The molecule has 0 aromatic rings. The fourth-order valence-corrected chi connectivity index (χ4v) is 8.72. The van der Waals surface area contributed by atoms with Crippen molar-refractivity contribution in [2.75, 3.05) is 0 Å². The first-order chi connectivity index (χ1) is 13.6. The topological polar surface area (TPSA) is 77.8 Å². The highest BCUT2D eigenvalue weighted by Gasteiger charge is 2.65. The van der Waals surface area contributed by atoms with Crippen molar-refractivity contribution in [1.29, 1.82) is 0 Å². The Bertz CT molecular complexity index is 640. The van der Waals surface area contributed by atoms with Crippen molar-refractivity contribution in [1.82, 2.24) is 0 Å². The monoisotopic (exact) mass is 410 g/mol. The molecule has 4 aliphatic rings. The van der Waals surface area contributed by atoms with E-state index in [1.165, 1.54) is 0 Å². The minimum atomic E-state index is -1.21. The summed E-state index contributed by atoms with van der Waals surface area (Å²) in [7, 11) is 0. The van der Waals surface area contributed by atoms with Gasteiger partial charge in [-0.1, -0.05) is 20.8 Å². The van der Waals surface area contributed by atoms with Gasteiger partial charge in [-0.3, -0.25) is 4.79 Å². The molecule has 29 heavy (non-hydrogen) atoms. The largest absolute Gasteiger partial charge is 0.481 e. The molecule has 3 N–H and O–H groups in total. The highest BCUT2D eigenvalue weighted by Crippen LogP contribution is 2.68. The van der Waals surface area contributed by atoms with Gasteiger partial charge in [0.1, 0.15) is 6.17 Å². The SMILES string of the molecule is C[C@H](CCC(=O)O)[C@H]1CCC2C3C(F)[C@H](O)[C@@H]4C[C@H](O)CC[C@]4(C)C3CC[C@@]21C. The second-order valence-corrected chi connectivity index (χ2v) is 11.4. The summed E-state index contributed by atoms with van der Waals surface area (Å²) in [6.45, 7) is 6.75. The predicted octanol–water partition coefficient (Wildman–Crippen LogP) is 4.43. The fraction of sp³-hybridized carbons (Fsp3) is 0.958. The van der Waals surface area contributed by atoms with Crippen LogP contribution in [-0.4, -0.2) is 39.7 Å². The average Bonchev–Trinajstić information content (AvgIpc) is 3.02. The zero-order valence-electron chi connectivity index (χ0n) is 18.2. The second kappa shape index (κ2) is 7.47. The van der Waals surface area contributed by atoms with E-state index in [1.807, 2.05) is 0 Å². The van der Waals surface area contributed by atoms with Crippen LogP contribution in [0.5, 0.6) is 0 Å². The molecule has 4 saturated carbocycles. The number of hydrogen-bond donors (Lipinski definition) is 3. The first kappa shape index (κ1) is 21.5. The second-order valence-electron chi connectivity index (χ2n) is 11.4. The standard InChI is InChI=1S/C24H39FO4/c1-13(4-7-19(27)28)15-5-6-16-20-17(9-11-23(15,16)2)24(3)10-8-14(26)12-18(24)22(29)21(20)25/h13-18,20-22,26,29H,4-12H2,1-3H3,(H,27,28)/t13-,14-,15-,16?,17?,18+,20?,21?,22-,23-,24-/m1/s1. The maximum Gasteiger partial charge on any atom is 0.303 e. The van der Waals surface area contributed by atoms with Crippen LogP contribution in [0.15, 0.2) is 0 Å². The molecule has 4 unspecified atom stereocenters. The lowest BCUT2D eigenvalue weighted by molar-refractivity contribution is -0.205. The lowest BCUT2D eigenvalue weighted by atomic mass is 9.43. The van der Waals surface area contributed by atoms with Crippen molar-refractivity contribution in [2.45, 2.75) is 96.9 Å². The molecule has 11 atom stereocenters. The number of fused-ring (bicyclic) bond motifs is 5. The van der Waals surface area contributed by atoms with Gasteiger partial charge < -0.3 is 15.3 Å². The number of rotatable bonds is 4. The molecule has 0 saturated heterocycles. The first-order valence-electron chi connectivity index (χ1n) is 11.8. The quantitative estimate of drug-likeness (QED) is 0.641. The zero-order valence-corrected chi connectivity index (χ0v) is 18.2. The lowest BCUT2D eigenvalue weighted by Crippen LogP contribution is -2.63. The molecular formula is C24H39FO4. The summed E-state index contributed by atoms with van der Waals surface area (Å²) in [6, 6.07) is 0. The molecule has 0 heterocycles. The van der Waals surface area contributed by atoms with E-state index in [0.29, 0.717) is 24.7 Å². The summed E-state index contributed by atoms with van der Waals surface area (Å²) >= 11 is 0. The maximum atomic E-state index is 15.8. The molecule has 4 aliphatic carbocycles. The minimum Gasteiger partial charge on any atom is -0.481 e. The molecule has 0 radical (unpaired) electrons. The van der Waals surface area contributed by atoms with Crippen molar-refractivity contribution >= 4 is 5.97 Å². The molecule has 4 rings (SSSR count). The van der Waals surface area contributed by atoms with Gasteiger partial charge in [-0.2, -0.15) is 0 Å². The first-order valence-corrected chi connectivity index (χ1v) is 11.8. The smallest absolute Gasteiger partial charge is 0.303 e. The molecule has 166 valence electrons. The van der Waals surface area contributed by atoms with Crippen molar-refractivity contribution < 1.29 is 24.5 Å². The van der Waals surface area contributed by atoms with Gasteiger partial charge in [-0.05, 0) is 97.7 Å². The van der Waals surface area contributed by atoms with Gasteiger partial charge in [-0.15, -0.1) is 0 Å². The average molecular weight is 411 g/mol. The number of aliphatic hydroxyl groups is 2. The zero-order chi connectivity index (χ0) is 21.1. The Kier molecular flexibility index (Phi) is 5.55. The summed E-state index contributed by atoms with van der Waals surface area (Å²) < 4.78 is 15.8. The highest BCUT2D eigenvalue weighted by molar-refractivity contribution is 5.66. The summed E-state index contributed by atoms with van der Waals surface area (Å²) in [4.78, 5) is 11.0. The van der Waals surface area contributed by atoms with Crippen LogP contribution in [0.25, 0.3) is 0 Å². The molecule has 0 aliphatic heterocycles. The Balaban J connectivity index is 1.59. The molecule has 5 heteroatoms. The Labute approximate surface area is 174 Å². The van der Waals surface area contributed by atoms with Crippen LogP contribution >= 0.6 is 0 Å². The molecular weight excluding hydrogens is 371 g/mol. The number of halogens is 1. The van der Waals surface area contributed by atoms with E-state index in [9.17, 15) is 15.0 Å². The van der Waals surface area contributed by atoms with Crippen molar-refractivity contribution in [3.05, 3.63) is 0 Å². The summed E-state index contributed by atoms with van der Waals surface area (Å²) in [5.74, 6) is 0.346. The summed E-state index contributed by atoms with van der Waals surface area (Å²) in [5.41, 5.74) is -0.0409. The lowest BCUT2D eigenvalue weighted by Gasteiger charge is -2.63. The van der Waals surface area contributed by atoms with Crippen LogP contribution in [0, 0.1) is 46.3 Å². The number of aliphatic carboxylic acids is 1. The number of aliphatic hydroxyl groups excluding tert-OH is 2. The fourth-order valence-electron chi connectivity index (χ4n) is 8.72. The van der Waals surface area contributed by atoms with Gasteiger partial charge in [-0.25, -0.2) is 4.39 Å². The molecule has 0 aromatic heterocycles. The minimum absolute atomic E-state index is 0.0422. The van der Waals surface area contributed by atoms with Gasteiger partial charge in [0, 0.05) is 6.42 Å². The van der Waals surface area contributed by atoms with Crippen molar-refractivity contribution in [3.63, 3.8) is 0 Å². The third-order valence-corrected chi connectivity index (χ3v) is 10.2. The van der Waals surface area contributed by atoms with E-state index in [0.717, 1.165) is 38.5 Å². The van der Waals surface area contributed by atoms with Gasteiger partial charge in [0.15, 0.2) is 0 Å². The van der Waals surface area contributed by atoms with Crippen LogP contribution < -0.4 is 0 Å². The number of hydrogen-bond acceptors (Lipinski definition) is 3. The van der Waals surface area contributed by atoms with Crippen LogP contribution in [0.4, 0.5) is 4.39 Å². The Morgan fingerprint density at radius 1 is 1.03 bits per heavy atom. The van der Waals surface area contributed by atoms with Crippen LogP contribution in [0.3, 0.4) is 0 Å². The van der Waals surface area contributed by atoms with E-state index >= 15 is 4.39 Å². The molecule has 4 fully saturated rings. The Morgan fingerprint density at radius 2 is 1.69 bits per heavy atom. The van der Waals surface area contributed by atoms with E-state index in [1.54, 1.807) is 0 Å². The number of carboxylic acid groups (broad SMARTS) is 1. The van der Waals surface area contributed by atoms with E-state index in [-0.39, 0.29) is 40.9 Å².